The van der Waals surface area contributed by atoms with Crippen molar-refractivity contribution in [2.24, 2.45) is 5.92 Å². The molecular weight excluding hydrogens is 94.0 g/mol. The number of rotatable bonds is 0. The Hall–Kier alpha value is 2.00. The van der Waals surface area contributed by atoms with E-state index in [4.69, 9.17) is 0 Å². The Morgan fingerprint density at radius 3 is 1.00 bits per heavy atom. The van der Waals surface area contributed by atoms with Crippen LogP contribution in [-0.2, 0) is 0 Å². The third kappa shape index (κ3) is 37.5. The van der Waals surface area contributed by atoms with Crippen LogP contribution in [-0.4, -0.2) is 0 Å². The Morgan fingerprint density at radius 1 is 1.00 bits per heavy atom. The minimum Gasteiger partial charge on any atom is -1.00 e. The fourth-order valence-electron chi connectivity index (χ4n) is 0. The van der Waals surface area contributed by atoms with Crippen molar-refractivity contribution < 1.29 is 62.0 Å². The molecule has 0 aromatic heterocycles. The summed E-state index contributed by atoms with van der Waals surface area (Å²) in [4.78, 5) is 0. The van der Waals surface area contributed by atoms with Gasteiger partial charge in [-0.15, -0.1) is 0 Å². The molecule has 0 radical (unpaired) electrons. The second-order valence-electron chi connectivity index (χ2n) is 1.73. The zero-order chi connectivity index (χ0) is 3.58. The molecule has 0 saturated carbocycles. The maximum atomic E-state index is 2.17. The van der Waals surface area contributed by atoms with Gasteiger partial charge in [0.1, 0.15) is 0 Å². The molecule has 0 aromatic carbocycles. The van der Waals surface area contributed by atoms with Gasteiger partial charge in [0.25, 0.3) is 0 Å². The minimum absolute atomic E-state index is 0. The molecule has 0 bridgehead atoms. The molecule has 0 atom stereocenters. The normalized spacial score (nSPS) is 6.00. The molecule has 6 heavy (non-hydrogen) atoms. The molecular formula is C4H12Na2. The SMILES string of the molecule is CC(C)C.[H-].[H-].[Na+].[Na+]. The summed E-state index contributed by atoms with van der Waals surface area (Å²) >= 11 is 0. The van der Waals surface area contributed by atoms with Crippen molar-refractivity contribution in [2.45, 2.75) is 20.8 Å². The Balaban J connectivity index is -0.00000000750. The van der Waals surface area contributed by atoms with Gasteiger partial charge in [0.05, 0.1) is 0 Å². The monoisotopic (exact) mass is 106 g/mol. The molecule has 0 amide bonds. The second-order valence-corrected chi connectivity index (χ2v) is 1.73. The van der Waals surface area contributed by atoms with Crippen LogP contribution in [0.4, 0.5) is 0 Å². The Labute approximate surface area is 87.6 Å². The van der Waals surface area contributed by atoms with Crippen LogP contribution in [0.25, 0.3) is 0 Å². The topological polar surface area (TPSA) is 0 Å². The molecule has 0 aromatic rings. The fraction of sp³-hybridized carbons (Fsp3) is 1.00. The molecule has 0 nitrogen and oxygen atoms in total. The summed E-state index contributed by atoms with van der Waals surface area (Å²) in [5, 5.41) is 0. The Kier molecular flexibility index (Phi) is 26.3. The van der Waals surface area contributed by atoms with Gasteiger partial charge in [-0.1, -0.05) is 20.8 Å². The first-order chi connectivity index (χ1) is 1.73. The van der Waals surface area contributed by atoms with Crippen molar-refractivity contribution in [2.75, 3.05) is 0 Å². The van der Waals surface area contributed by atoms with Crippen LogP contribution in [0.3, 0.4) is 0 Å². The second kappa shape index (κ2) is 10.1. The first kappa shape index (κ1) is 15.7. The van der Waals surface area contributed by atoms with Crippen molar-refractivity contribution in [1.82, 2.24) is 0 Å². The maximum absolute atomic E-state index is 2.17. The van der Waals surface area contributed by atoms with Crippen molar-refractivity contribution in [1.29, 1.82) is 0 Å². The summed E-state index contributed by atoms with van der Waals surface area (Å²) in [6.45, 7) is 6.50. The predicted molar refractivity (Wildman–Crippen MR) is 22.7 cm³/mol. The van der Waals surface area contributed by atoms with E-state index < -0.39 is 0 Å². The van der Waals surface area contributed by atoms with Crippen molar-refractivity contribution in [3.63, 3.8) is 0 Å². The van der Waals surface area contributed by atoms with Gasteiger partial charge in [0.2, 0.25) is 0 Å². The minimum atomic E-state index is 0. The zero-order valence-electron chi connectivity index (χ0n) is 7.58. The summed E-state index contributed by atoms with van der Waals surface area (Å²) in [6.07, 6.45) is 0. The summed E-state index contributed by atoms with van der Waals surface area (Å²) in [7, 11) is 0. The smallest absolute Gasteiger partial charge is 1.00 e. The molecule has 0 spiro atoms. The van der Waals surface area contributed by atoms with Crippen LogP contribution in [0.1, 0.15) is 23.6 Å². The zero-order valence-corrected chi connectivity index (χ0v) is 9.58. The third-order valence-electron chi connectivity index (χ3n) is 0. The van der Waals surface area contributed by atoms with Crippen molar-refractivity contribution in [3.05, 3.63) is 0 Å². The molecule has 0 fully saturated rings. The standard InChI is InChI=1S/C4H10.2Na.2H/c1-4(2)3;;;;/h4H,1-3H3;;;;/q;2*+1;2*-1. The largest absolute Gasteiger partial charge is 1.00 e. The van der Waals surface area contributed by atoms with E-state index in [1.165, 1.54) is 0 Å². The average Bonchev–Trinajstić information content (AvgIpc) is 0.811. The van der Waals surface area contributed by atoms with E-state index >= 15 is 0 Å². The summed E-state index contributed by atoms with van der Waals surface area (Å²) in [5.41, 5.74) is 0. The van der Waals surface area contributed by atoms with E-state index in [9.17, 15) is 0 Å². The van der Waals surface area contributed by atoms with Crippen LogP contribution in [0.15, 0.2) is 0 Å². The summed E-state index contributed by atoms with van der Waals surface area (Å²) in [6, 6.07) is 0. The van der Waals surface area contributed by atoms with E-state index in [-0.39, 0.29) is 62.0 Å². The van der Waals surface area contributed by atoms with Crippen LogP contribution in [0.2, 0.25) is 0 Å². The molecule has 0 unspecified atom stereocenters. The summed E-state index contributed by atoms with van der Waals surface area (Å²) in [5.74, 6) is 0.833. The van der Waals surface area contributed by atoms with E-state index in [0.717, 1.165) is 5.92 Å². The van der Waals surface area contributed by atoms with Gasteiger partial charge in [0, 0.05) is 0 Å². The quantitative estimate of drug-likeness (QED) is 0.275. The number of hydrogen-bond donors (Lipinski definition) is 0. The van der Waals surface area contributed by atoms with Crippen LogP contribution in [0, 0.1) is 5.92 Å². The first-order valence-electron chi connectivity index (χ1n) is 1.73. The van der Waals surface area contributed by atoms with Crippen LogP contribution < -0.4 is 59.1 Å². The molecule has 0 aliphatic carbocycles. The Bertz CT molecular complexity index is 16.8. The summed E-state index contributed by atoms with van der Waals surface area (Å²) < 4.78 is 0. The number of hydrogen-bond acceptors (Lipinski definition) is 0. The fourth-order valence-corrected chi connectivity index (χ4v) is 0. The van der Waals surface area contributed by atoms with Gasteiger partial charge in [0.15, 0.2) is 0 Å². The molecule has 0 heterocycles. The van der Waals surface area contributed by atoms with Gasteiger partial charge in [-0.2, -0.15) is 0 Å². The molecule has 30 valence electrons. The molecule has 0 rings (SSSR count). The maximum Gasteiger partial charge on any atom is 1.00 e. The third-order valence-corrected chi connectivity index (χ3v) is 0. The van der Waals surface area contributed by atoms with Gasteiger partial charge < -0.3 is 2.85 Å². The van der Waals surface area contributed by atoms with Crippen molar-refractivity contribution in [3.8, 4) is 0 Å². The van der Waals surface area contributed by atoms with E-state index in [1.54, 1.807) is 0 Å². The van der Waals surface area contributed by atoms with Crippen LogP contribution >= 0.6 is 0 Å². The molecule has 2 heteroatoms. The van der Waals surface area contributed by atoms with Crippen LogP contribution in [0.5, 0.6) is 0 Å². The molecule has 0 aliphatic rings. The van der Waals surface area contributed by atoms with E-state index in [0.29, 0.717) is 0 Å². The average molecular weight is 106 g/mol. The Morgan fingerprint density at radius 2 is 1.00 bits per heavy atom. The van der Waals surface area contributed by atoms with Gasteiger partial charge in [-0.05, 0) is 5.92 Å². The van der Waals surface area contributed by atoms with E-state index in [1.807, 2.05) is 0 Å². The first-order valence-corrected chi connectivity index (χ1v) is 1.73. The molecule has 0 aliphatic heterocycles. The van der Waals surface area contributed by atoms with E-state index in [2.05, 4.69) is 20.8 Å². The van der Waals surface area contributed by atoms with Gasteiger partial charge in [-0.3, -0.25) is 0 Å². The predicted octanol–water partition coefficient (Wildman–Crippen LogP) is -4.10. The molecule has 0 saturated heterocycles. The van der Waals surface area contributed by atoms with Gasteiger partial charge in [-0.25, -0.2) is 0 Å². The van der Waals surface area contributed by atoms with Gasteiger partial charge >= 0.3 is 59.1 Å². The molecule has 0 N–H and O–H groups in total. The van der Waals surface area contributed by atoms with Crippen molar-refractivity contribution >= 4 is 0 Å².